The maximum Gasteiger partial charge on any atom is 0.220 e. The lowest BCUT2D eigenvalue weighted by atomic mass is 10.1. The summed E-state index contributed by atoms with van der Waals surface area (Å²) in [7, 11) is 0. The SMILES string of the molecule is CC1CSC(NC2CCC(=O)NC2)=NC1C. The van der Waals surface area contributed by atoms with Gasteiger partial charge in [-0.3, -0.25) is 9.79 Å². The molecule has 1 saturated heterocycles. The number of amides is 1. The van der Waals surface area contributed by atoms with Crippen LogP contribution in [0.15, 0.2) is 4.99 Å². The summed E-state index contributed by atoms with van der Waals surface area (Å²) in [5, 5.41) is 7.35. The molecule has 2 heterocycles. The molecule has 0 bridgehead atoms. The standard InChI is InChI=1S/C11H19N3OS/c1-7-6-16-11(13-8(7)2)14-9-3-4-10(15)12-5-9/h7-9H,3-6H2,1-2H3,(H,12,15)(H,13,14). The Morgan fingerprint density at radius 2 is 2.31 bits per heavy atom. The van der Waals surface area contributed by atoms with E-state index in [0.29, 0.717) is 24.4 Å². The number of nitrogens with one attached hydrogen (secondary N) is 2. The van der Waals surface area contributed by atoms with Crippen molar-refractivity contribution < 1.29 is 4.79 Å². The van der Waals surface area contributed by atoms with Crippen LogP contribution in [0.2, 0.25) is 0 Å². The largest absolute Gasteiger partial charge is 0.360 e. The molecule has 0 aromatic carbocycles. The average molecular weight is 241 g/mol. The van der Waals surface area contributed by atoms with Gasteiger partial charge in [0.25, 0.3) is 0 Å². The second-order valence-corrected chi connectivity index (χ2v) is 5.66. The van der Waals surface area contributed by atoms with E-state index in [4.69, 9.17) is 0 Å². The van der Waals surface area contributed by atoms with Crippen molar-refractivity contribution in [3.8, 4) is 0 Å². The van der Waals surface area contributed by atoms with Gasteiger partial charge in [0.1, 0.15) is 0 Å². The van der Waals surface area contributed by atoms with Crippen molar-refractivity contribution in [2.45, 2.75) is 38.8 Å². The van der Waals surface area contributed by atoms with Crippen LogP contribution < -0.4 is 10.6 Å². The first kappa shape index (κ1) is 11.8. The van der Waals surface area contributed by atoms with Crippen LogP contribution in [0.4, 0.5) is 0 Å². The lowest BCUT2D eigenvalue weighted by molar-refractivity contribution is -0.122. The molecular weight excluding hydrogens is 222 g/mol. The van der Waals surface area contributed by atoms with Crippen molar-refractivity contribution in [2.24, 2.45) is 10.9 Å². The van der Waals surface area contributed by atoms with Crippen molar-refractivity contribution in [3.05, 3.63) is 0 Å². The number of piperidine rings is 1. The Balaban J connectivity index is 1.85. The number of hydrogen-bond donors (Lipinski definition) is 2. The number of hydrogen-bond acceptors (Lipinski definition) is 4. The molecule has 0 radical (unpaired) electrons. The van der Waals surface area contributed by atoms with Gasteiger partial charge in [-0.05, 0) is 19.3 Å². The molecule has 2 aliphatic rings. The fourth-order valence-electron chi connectivity index (χ4n) is 1.81. The highest BCUT2D eigenvalue weighted by molar-refractivity contribution is 8.13. The van der Waals surface area contributed by atoms with Gasteiger partial charge < -0.3 is 10.6 Å². The highest BCUT2D eigenvalue weighted by Gasteiger charge is 2.23. The fourth-order valence-corrected chi connectivity index (χ4v) is 3.00. The van der Waals surface area contributed by atoms with E-state index in [-0.39, 0.29) is 5.91 Å². The third kappa shape index (κ3) is 2.90. The van der Waals surface area contributed by atoms with Crippen LogP contribution in [0.1, 0.15) is 26.7 Å². The minimum atomic E-state index is 0.165. The molecule has 2 rings (SSSR count). The second-order valence-electron chi connectivity index (χ2n) is 4.65. The first-order valence-electron chi connectivity index (χ1n) is 5.89. The third-order valence-corrected chi connectivity index (χ3v) is 4.41. The van der Waals surface area contributed by atoms with Crippen LogP contribution in [0, 0.1) is 5.92 Å². The Bertz CT molecular complexity index is 296. The Morgan fingerprint density at radius 3 is 2.94 bits per heavy atom. The normalized spacial score (nSPS) is 35.2. The van der Waals surface area contributed by atoms with Gasteiger partial charge in [0.05, 0.1) is 6.04 Å². The number of nitrogens with zero attached hydrogens (tertiary/aromatic N) is 1. The number of carbonyl (C=O) groups is 1. The van der Waals surface area contributed by atoms with Crippen LogP contribution in [-0.4, -0.2) is 35.5 Å². The zero-order valence-corrected chi connectivity index (χ0v) is 10.6. The maximum atomic E-state index is 11.0. The highest BCUT2D eigenvalue weighted by Crippen LogP contribution is 2.22. The van der Waals surface area contributed by atoms with E-state index in [9.17, 15) is 4.79 Å². The number of aliphatic imine (C=N–C) groups is 1. The zero-order valence-electron chi connectivity index (χ0n) is 9.82. The molecule has 3 atom stereocenters. The van der Waals surface area contributed by atoms with Crippen LogP contribution in [0.25, 0.3) is 0 Å². The molecule has 3 unspecified atom stereocenters. The molecule has 0 spiro atoms. The van der Waals surface area contributed by atoms with E-state index in [1.54, 1.807) is 11.8 Å². The second kappa shape index (κ2) is 5.08. The summed E-state index contributed by atoms with van der Waals surface area (Å²) in [6.45, 7) is 5.12. The van der Waals surface area contributed by atoms with E-state index >= 15 is 0 Å². The maximum absolute atomic E-state index is 11.0. The Hall–Kier alpha value is -0.710. The Morgan fingerprint density at radius 1 is 1.50 bits per heavy atom. The first-order chi connectivity index (χ1) is 7.65. The molecule has 2 N–H and O–H groups in total. The lowest BCUT2D eigenvalue weighted by Gasteiger charge is -2.29. The van der Waals surface area contributed by atoms with Gasteiger partial charge in [-0.1, -0.05) is 18.7 Å². The topological polar surface area (TPSA) is 53.5 Å². The summed E-state index contributed by atoms with van der Waals surface area (Å²) >= 11 is 1.80. The van der Waals surface area contributed by atoms with Gasteiger partial charge in [0.2, 0.25) is 5.91 Å². The zero-order chi connectivity index (χ0) is 11.5. The summed E-state index contributed by atoms with van der Waals surface area (Å²) in [6, 6.07) is 0.756. The molecule has 1 amide bonds. The van der Waals surface area contributed by atoms with Crippen molar-refractivity contribution in [1.29, 1.82) is 0 Å². The van der Waals surface area contributed by atoms with Crippen molar-refractivity contribution in [2.75, 3.05) is 12.3 Å². The molecule has 0 saturated carbocycles. The summed E-state index contributed by atoms with van der Waals surface area (Å²) in [5.74, 6) is 1.95. The van der Waals surface area contributed by atoms with Gasteiger partial charge in [-0.2, -0.15) is 0 Å². The van der Waals surface area contributed by atoms with Crippen LogP contribution in [-0.2, 0) is 4.79 Å². The number of rotatable bonds is 1. The molecule has 1 fully saturated rings. The van der Waals surface area contributed by atoms with Crippen molar-refractivity contribution in [1.82, 2.24) is 10.6 Å². The summed E-state index contributed by atoms with van der Waals surface area (Å²) < 4.78 is 0. The first-order valence-corrected chi connectivity index (χ1v) is 6.87. The Labute approximate surface area is 101 Å². The predicted molar refractivity (Wildman–Crippen MR) is 67.7 cm³/mol. The quantitative estimate of drug-likeness (QED) is 0.719. The molecule has 90 valence electrons. The Kier molecular flexibility index (Phi) is 3.74. The molecule has 4 nitrogen and oxygen atoms in total. The van der Waals surface area contributed by atoms with Gasteiger partial charge in [-0.25, -0.2) is 0 Å². The van der Waals surface area contributed by atoms with Gasteiger partial charge >= 0.3 is 0 Å². The van der Waals surface area contributed by atoms with E-state index in [1.165, 1.54) is 0 Å². The molecule has 5 heteroatoms. The summed E-state index contributed by atoms with van der Waals surface area (Å²) in [5.41, 5.74) is 0. The lowest BCUT2D eigenvalue weighted by Crippen LogP contribution is -2.48. The fraction of sp³-hybridized carbons (Fsp3) is 0.818. The number of thioether (sulfide) groups is 1. The summed E-state index contributed by atoms with van der Waals surface area (Å²) in [4.78, 5) is 15.7. The van der Waals surface area contributed by atoms with E-state index < -0.39 is 0 Å². The van der Waals surface area contributed by atoms with E-state index in [2.05, 4.69) is 29.5 Å². The average Bonchev–Trinajstić information content (AvgIpc) is 2.27. The van der Waals surface area contributed by atoms with Crippen molar-refractivity contribution >= 4 is 22.8 Å². The van der Waals surface area contributed by atoms with Crippen molar-refractivity contribution in [3.63, 3.8) is 0 Å². The van der Waals surface area contributed by atoms with Gasteiger partial charge in [0, 0.05) is 24.8 Å². The smallest absolute Gasteiger partial charge is 0.220 e. The minimum Gasteiger partial charge on any atom is -0.360 e. The molecule has 0 aromatic rings. The van der Waals surface area contributed by atoms with Gasteiger partial charge in [0.15, 0.2) is 5.17 Å². The third-order valence-electron chi connectivity index (χ3n) is 3.22. The number of amidine groups is 1. The molecule has 0 aliphatic carbocycles. The molecule has 0 aromatic heterocycles. The van der Waals surface area contributed by atoms with Crippen LogP contribution in [0.5, 0.6) is 0 Å². The number of carbonyl (C=O) groups excluding carboxylic acids is 1. The van der Waals surface area contributed by atoms with E-state index in [0.717, 1.165) is 23.9 Å². The molecule has 2 aliphatic heterocycles. The van der Waals surface area contributed by atoms with Crippen LogP contribution in [0.3, 0.4) is 0 Å². The molecular formula is C11H19N3OS. The summed E-state index contributed by atoms with van der Waals surface area (Å²) in [6.07, 6.45) is 1.54. The van der Waals surface area contributed by atoms with E-state index in [1.807, 2.05) is 0 Å². The van der Waals surface area contributed by atoms with Crippen LogP contribution >= 0.6 is 11.8 Å². The van der Waals surface area contributed by atoms with Gasteiger partial charge in [-0.15, -0.1) is 0 Å². The predicted octanol–water partition coefficient (Wildman–Crippen LogP) is 0.982. The molecule has 16 heavy (non-hydrogen) atoms. The monoisotopic (exact) mass is 241 g/mol. The minimum absolute atomic E-state index is 0.165. The highest BCUT2D eigenvalue weighted by atomic mass is 32.2.